The second kappa shape index (κ2) is 19.4. The summed E-state index contributed by atoms with van der Waals surface area (Å²) in [5, 5.41) is 14.0. The van der Waals surface area contributed by atoms with Gasteiger partial charge >= 0.3 is 0 Å². The van der Waals surface area contributed by atoms with Crippen LogP contribution in [0.1, 0.15) is 65.0 Å². The zero-order valence-electron chi connectivity index (χ0n) is 28.3. The molecule has 0 radical (unpaired) electrons. The summed E-state index contributed by atoms with van der Waals surface area (Å²) in [6.07, 6.45) is 1.55. The van der Waals surface area contributed by atoms with Gasteiger partial charge in [0, 0.05) is 12.8 Å². The Morgan fingerprint density at radius 3 is 1.64 bits per heavy atom. The van der Waals surface area contributed by atoms with E-state index in [1.807, 2.05) is 26.8 Å². The van der Waals surface area contributed by atoms with E-state index in [4.69, 9.17) is 5.73 Å². The van der Waals surface area contributed by atoms with Crippen molar-refractivity contribution >= 4 is 29.5 Å². The molecule has 258 valence electrons. The Morgan fingerprint density at radius 1 is 0.681 bits per heavy atom. The Bertz CT molecular complexity index is 1320. The summed E-state index contributed by atoms with van der Waals surface area (Å²) >= 11 is 0. The zero-order chi connectivity index (χ0) is 35.1. The number of likely N-dealkylation sites (N-methyl/N-ethyl adjacent to an activating group) is 1. The van der Waals surface area contributed by atoms with Crippen LogP contribution in [0.25, 0.3) is 0 Å². The van der Waals surface area contributed by atoms with Crippen LogP contribution in [0.5, 0.6) is 0 Å². The standard InChI is InChI=1S/C35H51FN6O5/c1-7-11-26(31(37)43)39-33(45)28(19-23-12-9-8-10-13-23)40-34(46)29(20-24-14-16-25(36)17-15-24)41-35(47)30(22(4)5)42-32(44)27(38-6)18-21(2)3/h8-10,12-17,21-22,26-30,38H,7,11,18-20H2,1-6H3,(H2,37,43)(H,39,45)(H,40,46)(H,41,47)(H,42,44)/t26-,27-,28-,29-,30-/m0/s1. The largest absolute Gasteiger partial charge is 0.368 e. The van der Waals surface area contributed by atoms with Gasteiger partial charge in [0.15, 0.2) is 0 Å². The molecule has 0 aliphatic heterocycles. The molecule has 2 aromatic rings. The molecule has 0 saturated heterocycles. The van der Waals surface area contributed by atoms with Crippen molar-refractivity contribution in [3.63, 3.8) is 0 Å². The molecule has 0 saturated carbocycles. The molecule has 2 rings (SSSR count). The number of hydrogen-bond acceptors (Lipinski definition) is 6. The van der Waals surface area contributed by atoms with E-state index in [1.54, 1.807) is 45.2 Å². The summed E-state index contributed by atoms with van der Waals surface area (Å²) in [5.74, 6) is -3.46. The van der Waals surface area contributed by atoms with Crippen LogP contribution in [0.2, 0.25) is 0 Å². The number of rotatable bonds is 19. The monoisotopic (exact) mass is 654 g/mol. The lowest BCUT2D eigenvalue weighted by Gasteiger charge is -2.28. The van der Waals surface area contributed by atoms with E-state index in [2.05, 4.69) is 26.6 Å². The molecule has 0 aliphatic carbocycles. The molecule has 47 heavy (non-hydrogen) atoms. The normalized spacial score (nSPS) is 14.4. The lowest BCUT2D eigenvalue weighted by molar-refractivity contribution is -0.135. The summed E-state index contributed by atoms with van der Waals surface area (Å²) in [4.78, 5) is 66.2. The third kappa shape index (κ3) is 13.1. The molecule has 11 nitrogen and oxygen atoms in total. The molecular formula is C35H51FN6O5. The summed E-state index contributed by atoms with van der Waals surface area (Å²) in [7, 11) is 1.68. The molecular weight excluding hydrogens is 603 g/mol. The van der Waals surface area contributed by atoms with Gasteiger partial charge in [0.25, 0.3) is 0 Å². The van der Waals surface area contributed by atoms with Gasteiger partial charge in [-0.1, -0.05) is 83.5 Å². The van der Waals surface area contributed by atoms with Crippen LogP contribution in [0, 0.1) is 17.7 Å². The van der Waals surface area contributed by atoms with Crippen molar-refractivity contribution in [3.8, 4) is 0 Å². The minimum atomic E-state index is -1.20. The highest BCUT2D eigenvalue weighted by Crippen LogP contribution is 2.12. The Morgan fingerprint density at radius 2 is 1.17 bits per heavy atom. The van der Waals surface area contributed by atoms with Crippen molar-refractivity contribution in [2.45, 2.75) is 96.9 Å². The van der Waals surface area contributed by atoms with Crippen LogP contribution in [-0.2, 0) is 36.8 Å². The van der Waals surface area contributed by atoms with Crippen LogP contribution in [0.4, 0.5) is 4.39 Å². The summed E-state index contributed by atoms with van der Waals surface area (Å²) in [6, 6.07) is 9.79. The van der Waals surface area contributed by atoms with Gasteiger partial charge in [-0.3, -0.25) is 24.0 Å². The van der Waals surface area contributed by atoms with E-state index in [1.165, 1.54) is 24.3 Å². The van der Waals surface area contributed by atoms with E-state index in [0.717, 1.165) is 5.56 Å². The van der Waals surface area contributed by atoms with Gasteiger partial charge in [-0.05, 0) is 55.0 Å². The van der Waals surface area contributed by atoms with Crippen LogP contribution in [0.3, 0.4) is 0 Å². The molecule has 0 aromatic heterocycles. The number of amides is 5. The van der Waals surface area contributed by atoms with E-state index in [0.29, 0.717) is 24.8 Å². The van der Waals surface area contributed by atoms with Gasteiger partial charge in [-0.15, -0.1) is 0 Å². The smallest absolute Gasteiger partial charge is 0.243 e. The number of hydrogen-bond donors (Lipinski definition) is 6. The van der Waals surface area contributed by atoms with Crippen LogP contribution in [-0.4, -0.2) is 66.8 Å². The molecule has 0 spiro atoms. The van der Waals surface area contributed by atoms with Gasteiger partial charge in [-0.25, -0.2) is 4.39 Å². The van der Waals surface area contributed by atoms with E-state index in [-0.39, 0.29) is 30.6 Å². The fraction of sp³-hybridized carbons (Fsp3) is 0.514. The molecule has 5 atom stereocenters. The molecule has 0 aliphatic rings. The second-order valence-corrected chi connectivity index (χ2v) is 12.6. The number of primary amides is 1. The van der Waals surface area contributed by atoms with Gasteiger partial charge in [0.1, 0.15) is 30.0 Å². The molecule has 2 aromatic carbocycles. The van der Waals surface area contributed by atoms with Crippen LogP contribution >= 0.6 is 0 Å². The fourth-order valence-electron chi connectivity index (χ4n) is 5.12. The highest BCUT2D eigenvalue weighted by atomic mass is 19.1. The van der Waals surface area contributed by atoms with E-state index < -0.39 is 59.7 Å². The number of carbonyl (C=O) groups excluding carboxylic acids is 5. The van der Waals surface area contributed by atoms with E-state index >= 15 is 0 Å². The maximum atomic E-state index is 13.9. The van der Waals surface area contributed by atoms with Crippen LogP contribution < -0.4 is 32.3 Å². The summed E-state index contributed by atoms with van der Waals surface area (Å²) in [6.45, 7) is 9.40. The quantitative estimate of drug-likeness (QED) is 0.136. The molecule has 12 heteroatoms. The highest BCUT2D eigenvalue weighted by Gasteiger charge is 2.33. The maximum absolute atomic E-state index is 13.9. The summed E-state index contributed by atoms with van der Waals surface area (Å²) < 4.78 is 13.7. The van der Waals surface area contributed by atoms with Gasteiger partial charge in [-0.2, -0.15) is 0 Å². The maximum Gasteiger partial charge on any atom is 0.243 e. The number of halogens is 1. The Hall–Kier alpha value is -4.32. The number of nitrogens with two attached hydrogens (primary N) is 1. The Labute approximate surface area is 277 Å². The number of benzene rings is 2. The molecule has 0 heterocycles. The first-order valence-corrected chi connectivity index (χ1v) is 16.2. The molecule has 0 unspecified atom stereocenters. The van der Waals surface area contributed by atoms with Crippen molar-refractivity contribution in [1.29, 1.82) is 0 Å². The van der Waals surface area contributed by atoms with Crippen molar-refractivity contribution in [1.82, 2.24) is 26.6 Å². The number of carbonyl (C=O) groups is 5. The molecule has 5 amide bonds. The topological polar surface area (TPSA) is 172 Å². The van der Waals surface area contributed by atoms with Gasteiger partial charge in [0.2, 0.25) is 29.5 Å². The molecule has 0 fully saturated rings. The van der Waals surface area contributed by atoms with Crippen molar-refractivity contribution in [2.24, 2.45) is 17.6 Å². The molecule has 0 bridgehead atoms. The van der Waals surface area contributed by atoms with Crippen molar-refractivity contribution in [2.75, 3.05) is 7.05 Å². The first-order valence-electron chi connectivity index (χ1n) is 16.2. The first kappa shape index (κ1) is 38.9. The first-order chi connectivity index (χ1) is 22.2. The van der Waals surface area contributed by atoms with Crippen LogP contribution in [0.15, 0.2) is 54.6 Å². The third-order valence-corrected chi connectivity index (χ3v) is 7.76. The SMILES string of the molecule is CCC[C@H](NC(=O)[C@H](Cc1ccccc1)NC(=O)[C@H](Cc1ccc(F)cc1)NC(=O)[C@@H](NC(=O)[C@H](CC(C)C)NC)C(C)C)C(N)=O. The Kier molecular flexibility index (Phi) is 16.0. The number of nitrogens with one attached hydrogen (secondary N) is 5. The van der Waals surface area contributed by atoms with Crippen molar-refractivity contribution < 1.29 is 28.4 Å². The third-order valence-electron chi connectivity index (χ3n) is 7.76. The predicted octanol–water partition coefficient (Wildman–Crippen LogP) is 2.13. The highest BCUT2D eigenvalue weighted by molar-refractivity contribution is 5.96. The zero-order valence-corrected chi connectivity index (χ0v) is 28.3. The van der Waals surface area contributed by atoms with Gasteiger partial charge in [0.05, 0.1) is 6.04 Å². The lowest BCUT2D eigenvalue weighted by atomic mass is 9.98. The molecule has 7 N–H and O–H groups in total. The average molecular weight is 655 g/mol. The fourth-order valence-corrected chi connectivity index (χ4v) is 5.12. The second-order valence-electron chi connectivity index (χ2n) is 12.6. The van der Waals surface area contributed by atoms with E-state index in [9.17, 15) is 28.4 Å². The average Bonchev–Trinajstić information content (AvgIpc) is 3.02. The minimum absolute atomic E-state index is 0.0253. The lowest BCUT2D eigenvalue weighted by Crippen LogP contribution is -2.60. The Balaban J connectivity index is 2.39. The van der Waals surface area contributed by atoms with Gasteiger partial charge < -0.3 is 32.3 Å². The minimum Gasteiger partial charge on any atom is -0.368 e. The van der Waals surface area contributed by atoms with Crippen molar-refractivity contribution in [3.05, 3.63) is 71.5 Å². The summed E-state index contributed by atoms with van der Waals surface area (Å²) in [5.41, 5.74) is 6.83. The predicted molar refractivity (Wildman–Crippen MR) is 179 cm³/mol.